The molecule has 2 heterocycles. The Kier molecular flexibility index (Phi) is 4.28. The molecule has 0 unspecified atom stereocenters. The van der Waals surface area contributed by atoms with E-state index in [1.807, 2.05) is 0 Å². The van der Waals surface area contributed by atoms with Crippen LogP contribution in [-0.2, 0) is 19.4 Å². The van der Waals surface area contributed by atoms with Gasteiger partial charge in [0, 0.05) is 24.7 Å². The van der Waals surface area contributed by atoms with Crippen molar-refractivity contribution in [3.8, 4) is 17.0 Å². The Hall–Kier alpha value is -1.77. The molecule has 112 valence electrons. The lowest BCUT2D eigenvalue weighted by Crippen LogP contribution is -2.08. The summed E-state index contributed by atoms with van der Waals surface area (Å²) in [5.74, 6) is 2.23. The van der Waals surface area contributed by atoms with Crippen LogP contribution < -0.4 is 4.74 Å². The van der Waals surface area contributed by atoms with Gasteiger partial charge in [0.1, 0.15) is 11.6 Å². The number of benzene rings is 1. The predicted molar refractivity (Wildman–Crippen MR) is 85.8 cm³/mol. The summed E-state index contributed by atoms with van der Waals surface area (Å²) in [4.78, 5) is 4.82. The second-order valence-corrected chi connectivity index (χ2v) is 5.82. The molecule has 0 amide bonds. The van der Waals surface area contributed by atoms with Crippen LogP contribution in [0.5, 0.6) is 5.75 Å². The Morgan fingerprint density at radius 2 is 2.19 bits per heavy atom. The first-order chi connectivity index (χ1) is 10.3. The largest absolute Gasteiger partial charge is 0.496 e. The SMILES string of the molecule is CCCCc1cc(-c2cn3c(n2)CCCC3)ccc1OC. The number of methoxy groups -OCH3 is 1. The fourth-order valence-corrected chi connectivity index (χ4v) is 3.05. The number of rotatable bonds is 5. The van der Waals surface area contributed by atoms with Crippen molar-refractivity contribution in [2.24, 2.45) is 0 Å². The van der Waals surface area contributed by atoms with E-state index in [4.69, 9.17) is 9.72 Å². The number of ether oxygens (including phenoxy) is 1. The monoisotopic (exact) mass is 284 g/mol. The Morgan fingerprint density at radius 3 is 2.95 bits per heavy atom. The molecular formula is C18H24N2O. The zero-order valence-corrected chi connectivity index (χ0v) is 13.1. The molecule has 0 bridgehead atoms. The van der Waals surface area contributed by atoms with Crippen LogP contribution in [-0.4, -0.2) is 16.7 Å². The quantitative estimate of drug-likeness (QED) is 0.821. The summed E-state index contributed by atoms with van der Waals surface area (Å²) in [7, 11) is 1.75. The van der Waals surface area contributed by atoms with Gasteiger partial charge >= 0.3 is 0 Å². The summed E-state index contributed by atoms with van der Waals surface area (Å²) >= 11 is 0. The van der Waals surface area contributed by atoms with Gasteiger partial charge in [-0.15, -0.1) is 0 Å². The van der Waals surface area contributed by atoms with Crippen LogP contribution in [0.4, 0.5) is 0 Å². The Balaban J connectivity index is 1.92. The maximum absolute atomic E-state index is 5.49. The minimum absolute atomic E-state index is 0.996. The highest BCUT2D eigenvalue weighted by molar-refractivity contribution is 5.62. The Labute approximate surface area is 127 Å². The number of aryl methyl sites for hydroxylation is 3. The normalized spacial score (nSPS) is 14.0. The molecule has 0 saturated heterocycles. The van der Waals surface area contributed by atoms with Crippen molar-refractivity contribution in [2.45, 2.75) is 52.0 Å². The predicted octanol–water partition coefficient (Wildman–Crippen LogP) is 4.24. The highest BCUT2D eigenvalue weighted by atomic mass is 16.5. The molecular weight excluding hydrogens is 260 g/mol. The number of nitrogens with zero attached hydrogens (tertiary/aromatic N) is 2. The molecule has 3 heteroatoms. The summed E-state index contributed by atoms with van der Waals surface area (Å²) in [6.45, 7) is 3.33. The first-order valence-electron chi connectivity index (χ1n) is 8.05. The van der Waals surface area contributed by atoms with Crippen molar-refractivity contribution in [3.05, 3.63) is 35.8 Å². The summed E-state index contributed by atoms with van der Waals surface area (Å²) < 4.78 is 7.80. The molecule has 1 aromatic carbocycles. The van der Waals surface area contributed by atoms with Gasteiger partial charge in [-0.3, -0.25) is 0 Å². The van der Waals surface area contributed by atoms with Gasteiger partial charge in [0.05, 0.1) is 12.8 Å². The highest BCUT2D eigenvalue weighted by Gasteiger charge is 2.14. The van der Waals surface area contributed by atoms with Crippen molar-refractivity contribution in [2.75, 3.05) is 7.11 Å². The lowest BCUT2D eigenvalue weighted by molar-refractivity contribution is 0.409. The van der Waals surface area contributed by atoms with Crippen LogP contribution in [0.2, 0.25) is 0 Å². The third kappa shape index (κ3) is 2.97. The Bertz CT molecular complexity index is 592. The molecule has 0 N–H and O–H groups in total. The molecule has 21 heavy (non-hydrogen) atoms. The molecule has 1 aromatic heterocycles. The van der Waals surface area contributed by atoms with Crippen LogP contribution in [0.15, 0.2) is 24.4 Å². The van der Waals surface area contributed by atoms with Crippen molar-refractivity contribution in [3.63, 3.8) is 0 Å². The fourth-order valence-electron chi connectivity index (χ4n) is 3.05. The second-order valence-electron chi connectivity index (χ2n) is 5.82. The topological polar surface area (TPSA) is 27.1 Å². The number of hydrogen-bond donors (Lipinski definition) is 0. The van der Waals surface area contributed by atoms with Crippen molar-refractivity contribution >= 4 is 0 Å². The molecule has 0 spiro atoms. The summed E-state index contributed by atoms with van der Waals surface area (Å²) in [6, 6.07) is 6.46. The molecule has 0 fully saturated rings. The van der Waals surface area contributed by atoms with Crippen LogP contribution in [0.3, 0.4) is 0 Å². The molecule has 0 saturated carbocycles. The van der Waals surface area contributed by atoms with Crippen molar-refractivity contribution in [1.29, 1.82) is 0 Å². The average molecular weight is 284 g/mol. The molecule has 2 aromatic rings. The number of fused-ring (bicyclic) bond motifs is 1. The minimum Gasteiger partial charge on any atom is -0.496 e. The minimum atomic E-state index is 0.996. The van der Waals surface area contributed by atoms with E-state index in [0.717, 1.165) is 30.8 Å². The third-order valence-corrected chi connectivity index (χ3v) is 4.28. The fraction of sp³-hybridized carbons (Fsp3) is 0.500. The molecule has 0 aliphatic carbocycles. The molecule has 0 atom stereocenters. The molecule has 1 aliphatic heterocycles. The van der Waals surface area contributed by atoms with Gasteiger partial charge in [0.25, 0.3) is 0 Å². The average Bonchev–Trinajstić information content (AvgIpc) is 2.96. The van der Waals surface area contributed by atoms with Crippen LogP contribution in [0.25, 0.3) is 11.3 Å². The first-order valence-corrected chi connectivity index (χ1v) is 8.05. The van der Waals surface area contributed by atoms with Crippen LogP contribution in [0.1, 0.15) is 44.0 Å². The van der Waals surface area contributed by atoms with E-state index in [1.54, 1.807) is 7.11 Å². The number of hydrogen-bond acceptors (Lipinski definition) is 2. The molecule has 1 aliphatic rings. The van der Waals surface area contributed by atoms with Gasteiger partial charge in [-0.05, 0) is 49.4 Å². The molecule has 0 radical (unpaired) electrons. The lowest BCUT2D eigenvalue weighted by Gasteiger charge is -2.11. The zero-order chi connectivity index (χ0) is 14.7. The van der Waals surface area contributed by atoms with Gasteiger partial charge < -0.3 is 9.30 Å². The summed E-state index contributed by atoms with van der Waals surface area (Å²) in [5.41, 5.74) is 3.61. The highest BCUT2D eigenvalue weighted by Crippen LogP contribution is 2.28. The van der Waals surface area contributed by atoms with Gasteiger partial charge in [-0.1, -0.05) is 13.3 Å². The number of imidazole rings is 1. The zero-order valence-electron chi connectivity index (χ0n) is 13.1. The van der Waals surface area contributed by atoms with Crippen molar-refractivity contribution < 1.29 is 4.74 Å². The molecule has 3 rings (SSSR count). The second kappa shape index (κ2) is 6.33. The maximum Gasteiger partial charge on any atom is 0.122 e. The van der Waals surface area contributed by atoms with E-state index in [9.17, 15) is 0 Å². The van der Waals surface area contributed by atoms with Crippen LogP contribution >= 0.6 is 0 Å². The van der Waals surface area contributed by atoms with Gasteiger partial charge in [-0.2, -0.15) is 0 Å². The summed E-state index contributed by atoms with van der Waals surface area (Å²) in [5, 5.41) is 0. The van der Waals surface area contributed by atoms with Crippen molar-refractivity contribution in [1.82, 2.24) is 9.55 Å². The van der Waals surface area contributed by atoms with E-state index in [1.165, 1.54) is 42.6 Å². The van der Waals surface area contributed by atoms with Gasteiger partial charge in [-0.25, -0.2) is 4.98 Å². The van der Waals surface area contributed by atoms with Gasteiger partial charge in [0.15, 0.2) is 0 Å². The van der Waals surface area contributed by atoms with E-state index in [-0.39, 0.29) is 0 Å². The smallest absolute Gasteiger partial charge is 0.122 e. The standard InChI is InChI=1S/C18H24N2O/c1-3-4-7-15-12-14(9-10-17(15)21-2)16-13-20-11-6-5-8-18(20)19-16/h9-10,12-13H,3-8,11H2,1-2H3. The first kappa shape index (κ1) is 14.2. The third-order valence-electron chi connectivity index (χ3n) is 4.28. The van der Waals surface area contributed by atoms with E-state index >= 15 is 0 Å². The van der Waals surface area contributed by atoms with E-state index < -0.39 is 0 Å². The van der Waals surface area contributed by atoms with Gasteiger partial charge in [0.2, 0.25) is 0 Å². The maximum atomic E-state index is 5.49. The van der Waals surface area contributed by atoms with E-state index in [2.05, 4.69) is 35.9 Å². The summed E-state index contributed by atoms with van der Waals surface area (Å²) in [6.07, 6.45) is 9.32. The Morgan fingerprint density at radius 1 is 1.29 bits per heavy atom. The van der Waals surface area contributed by atoms with Crippen LogP contribution in [0, 0.1) is 0 Å². The number of aromatic nitrogens is 2. The number of unbranched alkanes of at least 4 members (excludes halogenated alkanes) is 1. The lowest BCUT2D eigenvalue weighted by atomic mass is 10.0. The van der Waals surface area contributed by atoms with E-state index in [0.29, 0.717) is 0 Å². The molecule has 3 nitrogen and oxygen atoms in total.